The summed E-state index contributed by atoms with van der Waals surface area (Å²) in [5, 5.41) is 24.3. The molecule has 1 aliphatic rings. The van der Waals surface area contributed by atoms with E-state index < -0.39 is 0 Å². The summed E-state index contributed by atoms with van der Waals surface area (Å²) in [5.74, 6) is 1.31. The van der Waals surface area contributed by atoms with E-state index in [9.17, 15) is 10.2 Å². The van der Waals surface area contributed by atoms with Crippen molar-refractivity contribution in [1.29, 1.82) is 0 Å². The zero-order chi connectivity index (χ0) is 22.2. The molecule has 0 radical (unpaired) electrons. The van der Waals surface area contributed by atoms with Crippen LogP contribution in [0.4, 0.5) is 0 Å². The van der Waals surface area contributed by atoms with Crippen LogP contribution < -0.4 is 11.1 Å². The molecule has 0 saturated heterocycles. The van der Waals surface area contributed by atoms with Gasteiger partial charge in [0.05, 0.1) is 5.02 Å². The Kier molecular flexibility index (Phi) is 9.39. The van der Waals surface area contributed by atoms with Crippen LogP contribution in [0.1, 0.15) is 61.1 Å². The molecule has 0 aliphatic heterocycles. The molecule has 0 heterocycles. The fourth-order valence-electron chi connectivity index (χ4n) is 4.48. The van der Waals surface area contributed by atoms with Gasteiger partial charge in [-0.3, -0.25) is 0 Å². The Morgan fingerprint density at radius 3 is 2.71 bits per heavy atom. The lowest BCUT2D eigenvalue weighted by atomic mass is 9.76. The molecule has 3 rings (SSSR count). The highest BCUT2D eigenvalue weighted by Crippen LogP contribution is 2.42. The molecular formula is C25H35ClN2O2S. The number of aromatic hydroxyl groups is 2. The van der Waals surface area contributed by atoms with Crippen LogP contribution in [0.5, 0.6) is 11.5 Å². The number of halogens is 1. The lowest BCUT2D eigenvalue weighted by Crippen LogP contribution is -2.33. The Bertz CT molecular complexity index is 841. The maximum Gasteiger partial charge on any atom is 0.160 e. The first-order valence-corrected chi connectivity index (χ1v) is 12.7. The largest absolute Gasteiger partial charge is 0.504 e. The second-order valence-electron chi connectivity index (χ2n) is 8.50. The van der Waals surface area contributed by atoms with Crippen LogP contribution >= 0.6 is 23.4 Å². The maximum atomic E-state index is 10.2. The lowest BCUT2D eigenvalue weighted by molar-refractivity contribution is 0.380. The van der Waals surface area contributed by atoms with Crippen LogP contribution in [-0.2, 0) is 6.42 Å². The van der Waals surface area contributed by atoms with Gasteiger partial charge in [-0.15, -0.1) is 11.8 Å². The zero-order valence-corrected chi connectivity index (χ0v) is 19.9. The molecule has 2 atom stereocenters. The minimum absolute atomic E-state index is 0.0270. The van der Waals surface area contributed by atoms with Gasteiger partial charge in [-0.25, -0.2) is 0 Å². The number of rotatable bonds is 11. The van der Waals surface area contributed by atoms with E-state index in [4.69, 9.17) is 17.3 Å². The predicted octanol–water partition coefficient (Wildman–Crippen LogP) is 5.75. The van der Waals surface area contributed by atoms with Crippen molar-refractivity contribution >= 4 is 23.4 Å². The molecule has 0 bridgehead atoms. The van der Waals surface area contributed by atoms with Gasteiger partial charge >= 0.3 is 0 Å². The van der Waals surface area contributed by atoms with Gasteiger partial charge in [0.2, 0.25) is 0 Å². The quantitative estimate of drug-likeness (QED) is 0.194. The Hall–Kier alpha value is -1.40. The van der Waals surface area contributed by atoms with Crippen molar-refractivity contribution in [2.75, 3.05) is 18.8 Å². The summed E-state index contributed by atoms with van der Waals surface area (Å²) in [5.41, 5.74) is 9.64. The topological polar surface area (TPSA) is 78.5 Å². The molecule has 0 saturated carbocycles. The highest BCUT2D eigenvalue weighted by molar-refractivity contribution is 7.99. The van der Waals surface area contributed by atoms with Crippen molar-refractivity contribution in [3.8, 4) is 11.5 Å². The number of aryl methyl sites for hydroxylation is 1. The summed E-state index contributed by atoms with van der Waals surface area (Å²) >= 11 is 8.09. The maximum absolute atomic E-state index is 10.2. The number of benzene rings is 2. The van der Waals surface area contributed by atoms with Gasteiger partial charge in [-0.1, -0.05) is 49.1 Å². The first kappa shape index (κ1) is 24.2. The van der Waals surface area contributed by atoms with E-state index in [1.807, 2.05) is 30.0 Å². The Balaban J connectivity index is 1.29. The van der Waals surface area contributed by atoms with E-state index in [0.717, 1.165) is 60.7 Å². The molecule has 2 unspecified atom stereocenters. The van der Waals surface area contributed by atoms with Crippen molar-refractivity contribution in [2.24, 2.45) is 5.73 Å². The number of nitrogens with two attached hydrogens (primary N) is 1. The average Bonchev–Trinajstić information content (AvgIpc) is 2.75. The third-order valence-electron chi connectivity index (χ3n) is 6.25. The van der Waals surface area contributed by atoms with Crippen LogP contribution in [0.2, 0.25) is 5.02 Å². The third-order valence-corrected chi connectivity index (χ3v) is 7.92. The SMILES string of the molecule is Cc1cccc(Cl)c1SCCNCCCCCCC1c2ccc(O)c(O)c2CCC1N. The van der Waals surface area contributed by atoms with Crippen molar-refractivity contribution in [1.82, 2.24) is 5.32 Å². The fraction of sp³-hybridized carbons (Fsp3) is 0.520. The molecule has 5 N–H and O–H groups in total. The van der Waals surface area contributed by atoms with Gasteiger partial charge in [-0.2, -0.15) is 0 Å². The van der Waals surface area contributed by atoms with Gasteiger partial charge in [-0.05, 0) is 68.3 Å². The number of fused-ring (bicyclic) bond motifs is 1. The normalized spacial score (nSPS) is 18.2. The van der Waals surface area contributed by atoms with Gasteiger partial charge in [0.15, 0.2) is 11.5 Å². The van der Waals surface area contributed by atoms with Gasteiger partial charge in [0, 0.05) is 28.8 Å². The lowest BCUT2D eigenvalue weighted by Gasteiger charge is -2.32. The molecule has 2 aromatic rings. The van der Waals surface area contributed by atoms with Crippen molar-refractivity contribution < 1.29 is 10.2 Å². The third kappa shape index (κ3) is 6.55. The van der Waals surface area contributed by atoms with Crippen LogP contribution in [0.3, 0.4) is 0 Å². The minimum atomic E-state index is -0.0270. The first-order chi connectivity index (χ1) is 15.0. The Labute approximate surface area is 195 Å². The van der Waals surface area contributed by atoms with Crippen LogP contribution in [-0.4, -0.2) is 35.1 Å². The molecule has 6 heteroatoms. The smallest absolute Gasteiger partial charge is 0.160 e. The van der Waals surface area contributed by atoms with E-state index in [0.29, 0.717) is 0 Å². The molecule has 0 spiro atoms. The van der Waals surface area contributed by atoms with Gasteiger partial charge in [0.1, 0.15) is 0 Å². The average molecular weight is 463 g/mol. The number of phenolic OH excluding ortho intramolecular Hbond substituents is 2. The summed E-state index contributed by atoms with van der Waals surface area (Å²) in [4.78, 5) is 1.19. The standard InChI is InChI=1S/C25H35ClN2O2S/c1-17-7-6-9-21(26)25(17)31-16-15-28-14-5-3-2-4-8-19-18-11-13-23(29)24(30)20(18)10-12-22(19)27/h6-7,9,11,13,19,22,28-30H,2-5,8,10,12,14-16,27H2,1H3. The number of nitrogens with one attached hydrogen (secondary N) is 1. The monoisotopic (exact) mass is 462 g/mol. The molecule has 31 heavy (non-hydrogen) atoms. The Morgan fingerprint density at radius 2 is 1.90 bits per heavy atom. The summed E-state index contributed by atoms with van der Waals surface area (Å²) in [6.45, 7) is 4.13. The molecule has 170 valence electrons. The van der Waals surface area contributed by atoms with E-state index in [1.165, 1.54) is 29.7 Å². The Morgan fingerprint density at radius 1 is 1.10 bits per heavy atom. The van der Waals surface area contributed by atoms with Gasteiger partial charge in [0.25, 0.3) is 0 Å². The van der Waals surface area contributed by atoms with E-state index >= 15 is 0 Å². The summed E-state index contributed by atoms with van der Waals surface area (Å²) < 4.78 is 0. The van der Waals surface area contributed by atoms with E-state index in [1.54, 1.807) is 6.07 Å². The highest BCUT2D eigenvalue weighted by atomic mass is 35.5. The number of thioether (sulfide) groups is 1. The minimum Gasteiger partial charge on any atom is -0.504 e. The summed E-state index contributed by atoms with van der Waals surface area (Å²) in [6.07, 6.45) is 7.37. The molecule has 0 fully saturated rings. The summed E-state index contributed by atoms with van der Waals surface area (Å²) in [7, 11) is 0. The number of unbranched alkanes of at least 4 members (excludes halogenated alkanes) is 3. The number of phenols is 2. The fourth-order valence-corrected chi connectivity index (χ4v) is 5.82. The summed E-state index contributed by atoms with van der Waals surface area (Å²) in [6, 6.07) is 9.73. The predicted molar refractivity (Wildman–Crippen MR) is 132 cm³/mol. The van der Waals surface area contributed by atoms with Gasteiger partial charge < -0.3 is 21.3 Å². The highest BCUT2D eigenvalue weighted by Gasteiger charge is 2.29. The van der Waals surface area contributed by atoms with Crippen LogP contribution in [0.15, 0.2) is 35.2 Å². The number of hydrogen-bond donors (Lipinski definition) is 4. The molecule has 4 nitrogen and oxygen atoms in total. The van der Waals surface area contributed by atoms with E-state index in [-0.39, 0.29) is 23.5 Å². The zero-order valence-electron chi connectivity index (χ0n) is 18.4. The molecule has 0 aromatic heterocycles. The molecule has 2 aromatic carbocycles. The first-order valence-electron chi connectivity index (χ1n) is 11.4. The van der Waals surface area contributed by atoms with E-state index in [2.05, 4.69) is 18.3 Å². The molecule has 1 aliphatic carbocycles. The second-order valence-corrected chi connectivity index (χ2v) is 10.0. The molecular weight excluding hydrogens is 428 g/mol. The van der Waals surface area contributed by atoms with Crippen LogP contribution in [0.25, 0.3) is 0 Å². The molecule has 0 amide bonds. The van der Waals surface area contributed by atoms with Crippen molar-refractivity contribution in [3.05, 3.63) is 52.0 Å². The van der Waals surface area contributed by atoms with Crippen LogP contribution in [0, 0.1) is 6.92 Å². The number of hydrogen-bond acceptors (Lipinski definition) is 5. The van der Waals surface area contributed by atoms with Crippen molar-refractivity contribution in [3.63, 3.8) is 0 Å². The second kappa shape index (κ2) is 12.0. The van der Waals surface area contributed by atoms with Crippen molar-refractivity contribution in [2.45, 2.75) is 68.7 Å².